The topological polar surface area (TPSA) is 73.4 Å². The molecule has 3 rings (SSSR count). The van der Waals surface area contributed by atoms with Gasteiger partial charge in [0.25, 0.3) is 5.69 Å². The van der Waals surface area contributed by atoms with Gasteiger partial charge in [-0.1, -0.05) is 0 Å². The molecule has 2 heterocycles. The van der Waals surface area contributed by atoms with Gasteiger partial charge in [0.1, 0.15) is 5.69 Å². The lowest BCUT2D eigenvalue weighted by Gasteiger charge is -2.19. The Kier molecular flexibility index (Phi) is 4.37. The zero-order valence-electron chi connectivity index (χ0n) is 13.6. The molecule has 7 nitrogen and oxygen atoms in total. The molecule has 0 aliphatic carbocycles. The van der Waals surface area contributed by atoms with E-state index >= 15 is 0 Å². The van der Waals surface area contributed by atoms with Crippen LogP contribution in [-0.2, 0) is 13.5 Å². The van der Waals surface area contributed by atoms with Crippen molar-refractivity contribution in [1.82, 2.24) is 9.78 Å². The van der Waals surface area contributed by atoms with Gasteiger partial charge in [0.15, 0.2) is 11.6 Å². The summed E-state index contributed by atoms with van der Waals surface area (Å²) in [6.07, 6.45) is 5.61. The van der Waals surface area contributed by atoms with E-state index in [4.69, 9.17) is 4.74 Å². The Bertz CT molecular complexity index is 762. The van der Waals surface area contributed by atoms with Crippen LogP contribution < -0.4 is 9.64 Å². The number of nitro groups is 1. The minimum atomic E-state index is -0.723. The summed E-state index contributed by atoms with van der Waals surface area (Å²) in [5, 5.41) is 15.4. The van der Waals surface area contributed by atoms with Crippen LogP contribution in [0.2, 0.25) is 0 Å². The van der Waals surface area contributed by atoms with Gasteiger partial charge in [-0.2, -0.15) is 5.10 Å². The Labute approximate surface area is 138 Å². The van der Waals surface area contributed by atoms with E-state index in [9.17, 15) is 14.5 Å². The van der Waals surface area contributed by atoms with Crippen molar-refractivity contribution in [3.63, 3.8) is 0 Å². The molecule has 0 radical (unpaired) electrons. The highest BCUT2D eigenvalue weighted by Gasteiger charge is 2.29. The lowest BCUT2D eigenvalue weighted by Crippen LogP contribution is -2.21. The largest absolute Gasteiger partial charge is 0.494 e. The van der Waals surface area contributed by atoms with Crippen LogP contribution in [0.1, 0.15) is 12.0 Å². The van der Waals surface area contributed by atoms with Gasteiger partial charge in [-0.05, 0) is 24.3 Å². The molecule has 24 heavy (non-hydrogen) atoms. The van der Waals surface area contributed by atoms with Crippen molar-refractivity contribution in [1.29, 1.82) is 0 Å². The van der Waals surface area contributed by atoms with Crippen LogP contribution >= 0.6 is 0 Å². The average Bonchev–Trinajstić information content (AvgIpc) is 3.16. The van der Waals surface area contributed by atoms with Gasteiger partial charge in [-0.15, -0.1) is 0 Å². The van der Waals surface area contributed by atoms with Crippen LogP contribution in [0.5, 0.6) is 5.75 Å². The molecule has 1 aromatic heterocycles. The molecule has 1 fully saturated rings. The third-order valence-electron chi connectivity index (χ3n) is 4.35. The second-order valence-electron chi connectivity index (χ2n) is 6.06. The number of benzene rings is 1. The van der Waals surface area contributed by atoms with E-state index in [0.717, 1.165) is 24.5 Å². The first-order chi connectivity index (χ1) is 11.5. The number of nitro benzene ring substituents is 1. The van der Waals surface area contributed by atoms with Crippen molar-refractivity contribution in [2.75, 3.05) is 25.1 Å². The molecule has 1 atom stereocenters. The quantitative estimate of drug-likeness (QED) is 0.620. The summed E-state index contributed by atoms with van der Waals surface area (Å²) in [6, 6.07) is 2.35. The van der Waals surface area contributed by atoms with Gasteiger partial charge in [0, 0.05) is 32.4 Å². The van der Waals surface area contributed by atoms with Gasteiger partial charge in [0.2, 0.25) is 0 Å². The Morgan fingerprint density at radius 2 is 2.29 bits per heavy atom. The SMILES string of the molecule is COc1cc(N2CCC(Cc3cnn(C)c3)C2)c([N+](=O)[O-])cc1F. The number of halogens is 1. The summed E-state index contributed by atoms with van der Waals surface area (Å²) in [6.45, 7) is 1.38. The summed E-state index contributed by atoms with van der Waals surface area (Å²) in [7, 11) is 3.22. The summed E-state index contributed by atoms with van der Waals surface area (Å²) >= 11 is 0. The number of nitrogens with zero attached hydrogens (tertiary/aromatic N) is 4. The van der Waals surface area contributed by atoms with Crippen molar-refractivity contribution in [2.45, 2.75) is 12.8 Å². The number of rotatable bonds is 5. The van der Waals surface area contributed by atoms with Crippen LogP contribution in [0.4, 0.5) is 15.8 Å². The van der Waals surface area contributed by atoms with E-state index in [-0.39, 0.29) is 11.4 Å². The first-order valence-corrected chi connectivity index (χ1v) is 7.72. The molecule has 1 aromatic carbocycles. The fourth-order valence-electron chi connectivity index (χ4n) is 3.22. The highest BCUT2D eigenvalue weighted by molar-refractivity contribution is 5.66. The molecule has 0 bridgehead atoms. The molecule has 1 aliphatic rings. The normalized spacial score (nSPS) is 17.3. The minimum absolute atomic E-state index is 0.0197. The molecule has 128 valence electrons. The van der Waals surface area contributed by atoms with Gasteiger partial charge >= 0.3 is 0 Å². The van der Waals surface area contributed by atoms with Gasteiger partial charge in [-0.3, -0.25) is 14.8 Å². The average molecular weight is 334 g/mol. The second-order valence-corrected chi connectivity index (χ2v) is 6.06. The summed E-state index contributed by atoms with van der Waals surface area (Å²) in [5.74, 6) is -0.324. The van der Waals surface area contributed by atoms with Crippen molar-refractivity contribution < 1.29 is 14.1 Å². The van der Waals surface area contributed by atoms with E-state index in [1.165, 1.54) is 13.2 Å². The number of anilines is 1. The molecule has 0 spiro atoms. The lowest BCUT2D eigenvalue weighted by molar-refractivity contribution is -0.384. The molecule has 1 aliphatic heterocycles. The zero-order valence-corrected chi connectivity index (χ0v) is 13.6. The van der Waals surface area contributed by atoms with Crippen LogP contribution in [0.25, 0.3) is 0 Å². The van der Waals surface area contributed by atoms with Crippen molar-refractivity contribution >= 4 is 11.4 Å². The maximum absolute atomic E-state index is 13.8. The van der Waals surface area contributed by atoms with Crippen molar-refractivity contribution in [3.05, 3.63) is 46.0 Å². The summed E-state index contributed by atoms with van der Waals surface area (Å²) < 4.78 is 20.5. The van der Waals surface area contributed by atoms with Crippen LogP contribution in [0.3, 0.4) is 0 Å². The maximum Gasteiger partial charge on any atom is 0.295 e. The fraction of sp³-hybridized carbons (Fsp3) is 0.438. The van der Waals surface area contributed by atoms with Gasteiger partial charge in [0.05, 0.1) is 24.3 Å². The van der Waals surface area contributed by atoms with Crippen LogP contribution in [0, 0.1) is 21.8 Å². The number of hydrogen-bond donors (Lipinski definition) is 0. The lowest BCUT2D eigenvalue weighted by atomic mass is 10.0. The molecule has 0 amide bonds. The van der Waals surface area contributed by atoms with E-state index < -0.39 is 10.7 Å². The van der Waals surface area contributed by atoms with Gasteiger partial charge < -0.3 is 9.64 Å². The third-order valence-corrected chi connectivity index (χ3v) is 4.35. The highest BCUT2D eigenvalue weighted by atomic mass is 19.1. The Hall–Kier alpha value is -2.64. The number of aromatic nitrogens is 2. The van der Waals surface area contributed by atoms with Gasteiger partial charge in [-0.25, -0.2) is 4.39 Å². The predicted octanol–water partition coefficient (Wildman–Crippen LogP) is 2.55. The maximum atomic E-state index is 13.8. The Morgan fingerprint density at radius 1 is 1.50 bits per heavy atom. The number of hydrogen-bond acceptors (Lipinski definition) is 5. The summed E-state index contributed by atoms with van der Waals surface area (Å²) in [4.78, 5) is 12.6. The predicted molar refractivity (Wildman–Crippen MR) is 86.8 cm³/mol. The smallest absolute Gasteiger partial charge is 0.295 e. The molecule has 2 aromatic rings. The first kappa shape index (κ1) is 16.2. The molecule has 0 N–H and O–H groups in total. The first-order valence-electron chi connectivity index (χ1n) is 7.72. The molecular formula is C16H19FN4O3. The van der Waals surface area contributed by atoms with Crippen LogP contribution in [-0.4, -0.2) is 34.9 Å². The Balaban J connectivity index is 1.80. The monoisotopic (exact) mass is 334 g/mol. The van der Waals surface area contributed by atoms with E-state index in [2.05, 4.69) is 5.10 Å². The molecule has 0 saturated carbocycles. The van der Waals surface area contributed by atoms with E-state index in [0.29, 0.717) is 24.7 Å². The second kappa shape index (κ2) is 6.46. The fourth-order valence-corrected chi connectivity index (χ4v) is 3.22. The van der Waals surface area contributed by atoms with E-state index in [1.54, 1.807) is 4.68 Å². The Morgan fingerprint density at radius 3 is 2.92 bits per heavy atom. The molecule has 1 saturated heterocycles. The molecular weight excluding hydrogens is 315 g/mol. The number of ether oxygens (including phenoxy) is 1. The molecule has 8 heteroatoms. The van der Waals surface area contributed by atoms with E-state index in [1.807, 2.05) is 24.3 Å². The van der Waals surface area contributed by atoms with Crippen LogP contribution in [0.15, 0.2) is 24.5 Å². The standard InChI is InChI=1S/C16H19FN4O3/c1-19-9-12(8-18-19)5-11-3-4-20(10-11)14-7-16(24-2)13(17)6-15(14)21(22)23/h6-9,11H,3-5,10H2,1-2H3. The zero-order chi connectivity index (χ0) is 17.3. The highest BCUT2D eigenvalue weighted by Crippen LogP contribution is 2.37. The number of methoxy groups -OCH3 is 1. The van der Waals surface area contributed by atoms with Crippen molar-refractivity contribution in [3.8, 4) is 5.75 Å². The minimum Gasteiger partial charge on any atom is -0.494 e. The number of aryl methyl sites for hydroxylation is 1. The van der Waals surface area contributed by atoms with Crippen molar-refractivity contribution in [2.24, 2.45) is 13.0 Å². The third kappa shape index (κ3) is 3.17. The summed E-state index contributed by atoms with van der Waals surface area (Å²) in [5.41, 5.74) is 1.33. The molecule has 1 unspecified atom stereocenters.